The van der Waals surface area contributed by atoms with Crippen LogP contribution in [-0.2, 0) is 4.79 Å². The third-order valence-corrected chi connectivity index (χ3v) is 2.85. The number of ketones is 1. The second-order valence-corrected chi connectivity index (χ2v) is 4.04. The summed E-state index contributed by atoms with van der Waals surface area (Å²) < 4.78 is 4.93. The van der Waals surface area contributed by atoms with Gasteiger partial charge in [-0.05, 0) is 25.1 Å². The molecule has 0 atom stereocenters. The summed E-state index contributed by atoms with van der Waals surface area (Å²) >= 11 is 11.8. The number of rotatable bonds is 5. The Hall–Kier alpha value is -1.52. The van der Waals surface area contributed by atoms with Crippen molar-refractivity contribution in [3.63, 3.8) is 0 Å². The quantitative estimate of drug-likeness (QED) is 0.667. The first-order valence-electron chi connectivity index (χ1n) is 4.97. The van der Waals surface area contributed by atoms with Gasteiger partial charge in [-0.15, -0.1) is 0 Å². The molecule has 0 aliphatic heterocycles. The molecule has 0 saturated heterocycles. The number of ether oxygens (including phenoxy) is 1. The molecule has 1 aromatic rings. The lowest BCUT2D eigenvalue weighted by molar-refractivity contribution is -0.139. The van der Waals surface area contributed by atoms with Gasteiger partial charge in [0, 0.05) is 5.56 Å². The third-order valence-electron chi connectivity index (χ3n) is 1.98. The smallest absolute Gasteiger partial charge is 0.341 e. The van der Waals surface area contributed by atoms with Gasteiger partial charge >= 0.3 is 5.97 Å². The maximum Gasteiger partial charge on any atom is 0.341 e. The van der Waals surface area contributed by atoms with Gasteiger partial charge in [0.2, 0.25) is 0 Å². The molecule has 0 fully saturated rings. The molecular formula is C12H10Cl2O4. The van der Waals surface area contributed by atoms with E-state index in [4.69, 9.17) is 33.0 Å². The van der Waals surface area contributed by atoms with Crippen LogP contribution < -0.4 is 4.74 Å². The van der Waals surface area contributed by atoms with Crippen molar-refractivity contribution >= 4 is 35.0 Å². The van der Waals surface area contributed by atoms with Gasteiger partial charge in [0.25, 0.3) is 0 Å². The monoisotopic (exact) mass is 288 g/mol. The highest BCUT2D eigenvalue weighted by Crippen LogP contribution is 2.35. The minimum absolute atomic E-state index is 0.0215. The fourth-order valence-electron chi connectivity index (χ4n) is 1.21. The molecule has 6 heteroatoms. The Morgan fingerprint density at radius 3 is 2.56 bits per heavy atom. The van der Waals surface area contributed by atoms with Crippen molar-refractivity contribution in [1.29, 1.82) is 0 Å². The van der Waals surface area contributed by atoms with Crippen LogP contribution in [-0.4, -0.2) is 23.5 Å². The van der Waals surface area contributed by atoms with Crippen molar-refractivity contribution in [2.24, 2.45) is 0 Å². The van der Waals surface area contributed by atoms with E-state index >= 15 is 0 Å². The van der Waals surface area contributed by atoms with E-state index in [-0.39, 0.29) is 27.1 Å². The molecule has 0 aromatic heterocycles. The lowest BCUT2D eigenvalue weighted by atomic mass is 10.1. The molecule has 18 heavy (non-hydrogen) atoms. The predicted molar refractivity (Wildman–Crippen MR) is 68.7 cm³/mol. The van der Waals surface area contributed by atoms with Crippen molar-refractivity contribution < 1.29 is 19.4 Å². The lowest BCUT2D eigenvalue weighted by Crippen LogP contribution is -2.10. The molecule has 4 nitrogen and oxygen atoms in total. The van der Waals surface area contributed by atoms with Crippen molar-refractivity contribution in [2.45, 2.75) is 6.92 Å². The minimum atomic E-state index is -1.13. The maximum atomic E-state index is 11.6. The first-order chi connectivity index (χ1) is 8.47. The number of allylic oxidation sites excluding steroid dienone is 2. The summed E-state index contributed by atoms with van der Waals surface area (Å²) in [4.78, 5) is 22.0. The molecule has 1 rings (SSSR count). The Morgan fingerprint density at radius 1 is 1.33 bits per heavy atom. The number of carboxylic acids is 1. The number of benzene rings is 1. The van der Waals surface area contributed by atoms with Gasteiger partial charge < -0.3 is 9.84 Å². The normalized spacial score (nSPS) is 10.6. The topological polar surface area (TPSA) is 63.6 Å². The number of aliphatic carboxylic acids is 1. The molecule has 0 radical (unpaired) electrons. The minimum Gasteiger partial charge on any atom is -0.480 e. The number of carboxylic acid groups (broad SMARTS) is 1. The summed E-state index contributed by atoms with van der Waals surface area (Å²) in [5.74, 6) is -1.29. The molecule has 1 aromatic carbocycles. The highest BCUT2D eigenvalue weighted by molar-refractivity contribution is 6.45. The Morgan fingerprint density at radius 2 is 2.00 bits per heavy atom. The van der Waals surface area contributed by atoms with Gasteiger partial charge in [-0.3, -0.25) is 4.79 Å². The van der Waals surface area contributed by atoms with E-state index < -0.39 is 12.6 Å². The summed E-state index contributed by atoms with van der Waals surface area (Å²) in [6, 6.07) is 2.85. The second-order valence-electron chi connectivity index (χ2n) is 3.29. The summed E-state index contributed by atoms with van der Waals surface area (Å²) in [6.07, 6.45) is 2.94. The number of carbonyl (C=O) groups excluding carboxylic acids is 1. The molecular weight excluding hydrogens is 279 g/mol. The molecule has 0 amide bonds. The number of carbonyl (C=O) groups is 2. The fourth-order valence-corrected chi connectivity index (χ4v) is 1.68. The second kappa shape index (κ2) is 6.42. The molecule has 0 aliphatic carbocycles. The van der Waals surface area contributed by atoms with Crippen molar-refractivity contribution in [3.8, 4) is 5.75 Å². The van der Waals surface area contributed by atoms with Gasteiger partial charge in [0.15, 0.2) is 12.4 Å². The van der Waals surface area contributed by atoms with E-state index in [0.717, 1.165) is 0 Å². The highest BCUT2D eigenvalue weighted by atomic mass is 35.5. The van der Waals surface area contributed by atoms with Crippen molar-refractivity contribution in [2.75, 3.05) is 6.61 Å². The molecule has 0 bridgehead atoms. The lowest BCUT2D eigenvalue weighted by Gasteiger charge is -2.09. The molecule has 0 spiro atoms. The van der Waals surface area contributed by atoms with Crippen LogP contribution >= 0.6 is 23.2 Å². The Bertz CT molecular complexity index is 509. The zero-order valence-electron chi connectivity index (χ0n) is 9.44. The Labute approximate surface area is 114 Å². The van der Waals surface area contributed by atoms with Crippen LogP contribution in [0.5, 0.6) is 5.75 Å². The van der Waals surface area contributed by atoms with Gasteiger partial charge in [-0.2, -0.15) is 0 Å². The SMILES string of the molecule is C/C=C/C(=O)c1ccc(OCC(=O)O)c(Cl)c1Cl. The van der Waals surface area contributed by atoms with Crippen LogP contribution in [0.2, 0.25) is 10.0 Å². The Balaban J connectivity index is 3.05. The molecule has 0 aliphatic rings. The van der Waals surface area contributed by atoms with Crippen LogP contribution in [0, 0.1) is 0 Å². The molecule has 96 valence electrons. The van der Waals surface area contributed by atoms with Gasteiger partial charge in [0.05, 0.1) is 5.02 Å². The van der Waals surface area contributed by atoms with Crippen LogP contribution in [0.1, 0.15) is 17.3 Å². The Kier molecular flexibility index (Phi) is 5.19. The zero-order valence-corrected chi connectivity index (χ0v) is 11.0. The maximum absolute atomic E-state index is 11.6. The van der Waals surface area contributed by atoms with E-state index in [9.17, 15) is 9.59 Å². The molecule has 0 heterocycles. The van der Waals surface area contributed by atoms with Crippen molar-refractivity contribution in [1.82, 2.24) is 0 Å². The molecule has 0 unspecified atom stereocenters. The molecule has 1 N–H and O–H groups in total. The fraction of sp³-hybridized carbons (Fsp3) is 0.167. The summed E-state index contributed by atoms with van der Waals surface area (Å²) in [5, 5.41) is 8.55. The summed E-state index contributed by atoms with van der Waals surface area (Å²) in [6.45, 7) is 1.18. The molecule has 0 saturated carbocycles. The van der Waals surface area contributed by atoms with E-state index in [1.54, 1.807) is 13.0 Å². The third kappa shape index (κ3) is 3.48. The van der Waals surface area contributed by atoms with Gasteiger partial charge in [-0.1, -0.05) is 29.3 Å². The summed E-state index contributed by atoms with van der Waals surface area (Å²) in [7, 11) is 0. The zero-order chi connectivity index (χ0) is 13.7. The first kappa shape index (κ1) is 14.5. The standard InChI is InChI=1S/C12H10Cl2O4/c1-2-3-8(15)7-4-5-9(12(14)11(7)13)18-6-10(16)17/h2-5H,6H2,1H3,(H,16,17)/b3-2+. The number of halogens is 2. The average Bonchev–Trinajstić information content (AvgIpc) is 2.31. The van der Waals surface area contributed by atoms with Gasteiger partial charge in [-0.25, -0.2) is 4.79 Å². The van der Waals surface area contributed by atoms with Crippen LogP contribution in [0.4, 0.5) is 0 Å². The van der Waals surface area contributed by atoms with Crippen LogP contribution in [0.3, 0.4) is 0 Å². The van der Waals surface area contributed by atoms with E-state index in [0.29, 0.717) is 0 Å². The van der Waals surface area contributed by atoms with E-state index in [1.807, 2.05) is 0 Å². The van der Waals surface area contributed by atoms with Crippen LogP contribution in [0.25, 0.3) is 0 Å². The largest absolute Gasteiger partial charge is 0.480 e. The van der Waals surface area contributed by atoms with Crippen molar-refractivity contribution in [3.05, 3.63) is 39.9 Å². The highest BCUT2D eigenvalue weighted by Gasteiger charge is 2.15. The van der Waals surface area contributed by atoms with E-state index in [1.165, 1.54) is 18.2 Å². The van der Waals surface area contributed by atoms with Gasteiger partial charge in [0.1, 0.15) is 10.8 Å². The summed E-state index contributed by atoms with van der Waals surface area (Å²) in [5.41, 5.74) is 0.238. The van der Waals surface area contributed by atoms with Crippen LogP contribution in [0.15, 0.2) is 24.3 Å². The average molecular weight is 289 g/mol. The van der Waals surface area contributed by atoms with E-state index in [2.05, 4.69) is 0 Å². The first-order valence-corrected chi connectivity index (χ1v) is 5.72. The number of hydrogen-bond donors (Lipinski definition) is 1. The predicted octanol–water partition coefficient (Wildman–Crippen LogP) is 3.22. The number of hydrogen-bond acceptors (Lipinski definition) is 3.